The predicted molar refractivity (Wildman–Crippen MR) is 65.2 cm³/mol. The maximum Gasteiger partial charge on any atom is 0.270 e. The van der Waals surface area contributed by atoms with Crippen LogP contribution in [0.2, 0.25) is 0 Å². The summed E-state index contributed by atoms with van der Waals surface area (Å²) in [6.45, 7) is 4.60. The molecule has 4 nitrogen and oxygen atoms in total. The molecule has 17 heavy (non-hydrogen) atoms. The predicted octanol–water partition coefficient (Wildman–Crippen LogP) is 2.75. The van der Waals surface area contributed by atoms with Gasteiger partial charge in [-0.25, -0.2) is 4.39 Å². The zero-order valence-corrected chi connectivity index (χ0v) is 9.81. The fraction of sp³-hybridized carbons (Fsp3) is 0.333. The molecule has 5 heteroatoms. The SMILES string of the molecule is CC(C)NC/C=C/c1cc([N+](=O)[O-])ccc1F. The molecule has 1 rings (SSSR count). The molecule has 0 spiro atoms. The number of hydrogen-bond acceptors (Lipinski definition) is 3. The molecule has 0 aliphatic carbocycles. The second-order valence-corrected chi connectivity index (χ2v) is 3.93. The van der Waals surface area contributed by atoms with Crippen molar-refractivity contribution >= 4 is 11.8 Å². The third-order valence-electron chi connectivity index (χ3n) is 2.13. The zero-order chi connectivity index (χ0) is 12.8. The lowest BCUT2D eigenvalue weighted by atomic mass is 10.1. The molecule has 0 radical (unpaired) electrons. The van der Waals surface area contributed by atoms with E-state index in [1.165, 1.54) is 12.1 Å². The average molecular weight is 238 g/mol. The summed E-state index contributed by atoms with van der Waals surface area (Å²) in [5, 5.41) is 13.7. The Labute approximate surface area is 99.3 Å². The Morgan fingerprint density at radius 3 is 2.82 bits per heavy atom. The smallest absolute Gasteiger partial charge is 0.270 e. The highest BCUT2D eigenvalue weighted by atomic mass is 19.1. The van der Waals surface area contributed by atoms with Crippen molar-refractivity contribution in [1.82, 2.24) is 5.32 Å². The van der Waals surface area contributed by atoms with Crippen LogP contribution in [0.4, 0.5) is 10.1 Å². The Hall–Kier alpha value is -1.75. The van der Waals surface area contributed by atoms with Gasteiger partial charge in [0.15, 0.2) is 0 Å². The zero-order valence-electron chi connectivity index (χ0n) is 9.81. The lowest BCUT2D eigenvalue weighted by Gasteiger charge is -2.03. The van der Waals surface area contributed by atoms with Crippen LogP contribution in [0, 0.1) is 15.9 Å². The van der Waals surface area contributed by atoms with Crippen LogP contribution in [0.25, 0.3) is 6.08 Å². The van der Waals surface area contributed by atoms with Crippen molar-refractivity contribution in [2.75, 3.05) is 6.54 Å². The molecule has 0 unspecified atom stereocenters. The van der Waals surface area contributed by atoms with Gasteiger partial charge in [0, 0.05) is 30.3 Å². The highest BCUT2D eigenvalue weighted by Crippen LogP contribution is 2.17. The van der Waals surface area contributed by atoms with Crippen LogP contribution < -0.4 is 5.32 Å². The summed E-state index contributed by atoms with van der Waals surface area (Å²) in [7, 11) is 0. The molecular weight excluding hydrogens is 223 g/mol. The molecule has 0 bridgehead atoms. The number of rotatable bonds is 5. The summed E-state index contributed by atoms with van der Waals surface area (Å²) in [6.07, 6.45) is 3.28. The van der Waals surface area contributed by atoms with Gasteiger partial charge in [-0.05, 0) is 6.07 Å². The third kappa shape index (κ3) is 4.32. The normalized spacial score (nSPS) is 11.3. The minimum absolute atomic E-state index is 0.108. The van der Waals surface area contributed by atoms with Crippen molar-refractivity contribution in [3.63, 3.8) is 0 Å². The van der Waals surface area contributed by atoms with E-state index in [1.807, 2.05) is 13.8 Å². The number of hydrogen-bond donors (Lipinski definition) is 1. The molecule has 1 aromatic carbocycles. The van der Waals surface area contributed by atoms with Gasteiger partial charge < -0.3 is 5.32 Å². The maximum atomic E-state index is 13.3. The highest BCUT2D eigenvalue weighted by Gasteiger charge is 2.08. The topological polar surface area (TPSA) is 55.2 Å². The number of nitro groups is 1. The molecule has 92 valence electrons. The Morgan fingerprint density at radius 2 is 2.24 bits per heavy atom. The van der Waals surface area contributed by atoms with Gasteiger partial charge >= 0.3 is 0 Å². The van der Waals surface area contributed by atoms with E-state index in [0.717, 1.165) is 12.1 Å². The van der Waals surface area contributed by atoms with Crippen molar-refractivity contribution in [3.8, 4) is 0 Å². The first-order valence-electron chi connectivity index (χ1n) is 5.34. The van der Waals surface area contributed by atoms with E-state index in [-0.39, 0.29) is 11.3 Å². The van der Waals surface area contributed by atoms with Gasteiger partial charge in [0.25, 0.3) is 5.69 Å². The van der Waals surface area contributed by atoms with E-state index in [2.05, 4.69) is 5.32 Å². The quantitative estimate of drug-likeness (QED) is 0.634. The van der Waals surface area contributed by atoms with Crippen LogP contribution in [-0.4, -0.2) is 17.5 Å². The first kappa shape index (κ1) is 13.3. The summed E-state index contributed by atoms with van der Waals surface area (Å²) in [6, 6.07) is 3.82. The number of nitrogens with one attached hydrogen (secondary N) is 1. The largest absolute Gasteiger partial charge is 0.311 e. The summed E-state index contributed by atoms with van der Waals surface area (Å²) < 4.78 is 13.3. The maximum absolute atomic E-state index is 13.3. The fourth-order valence-electron chi connectivity index (χ4n) is 1.26. The van der Waals surface area contributed by atoms with E-state index in [4.69, 9.17) is 0 Å². The molecule has 0 atom stereocenters. The Kier molecular flexibility index (Phi) is 4.78. The Balaban J connectivity index is 2.75. The first-order chi connectivity index (χ1) is 8.00. The van der Waals surface area contributed by atoms with Gasteiger partial charge in [-0.2, -0.15) is 0 Å². The number of halogens is 1. The monoisotopic (exact) mass is 238 g/mol. The first-order valence-corrected chi connectivity index (χ1v) is 5.34. The molecule has 0 saturated heterocycles. The fourth-order valence-corrected chi connectivity index (χ4v) is 1.26. The number of nitro benzene ring substituents is 1. The Bertz CT molecular complexity index is 431. The molecule has 1 N–H and O–H groups in total. The molecule has 0 aliphatic rings. The molecule has 0 aromatic heterocycles. The molecule has 0 fully saturated rings. The lowest BCUT2D eigenvalue weighted by molar-refractivity contribution is -0.384. The van der Waals surface area contributed by atoms with Gasteiger partial charge in [0.05, 0.1) is 4.92 Å². The van der Waals surface area contributed by atoms with Gasteiger partial charge in [0.1, 0.15) is 5.82 Å². The van der Waals surface area contributed by atoms with Gasteiger partial charge in [0.2, 0.25) is 0 Å². The van der Waals surface area contributed by atoms with Crippen LogP contribution in [0.1, 0.15) is 19.4 Å². The molecule has 0 heterocycles. The van der Waals surface area contributed by atoms with Crippen LogP contribution in [0.15, 0.2) is 24.3 Å². The van der Waals surface area contributed by atoms with Gasteiger partial charge in [-0.1, -0.05) is 26.0 Å². The molecular formula is C12H15FN2O2. The Morgan fingerprint density at radius 1 is 1.53 bits per heavy atom. The van der Waals surface area contributed by atoms with Gasteiger partial charge in [-0.3, -0.25) is 10.1 Å². The summed E-state index contributed by atoms with van der Waals surface area (Å²) in [5.41, 5.74) is 0.118. The van der Waals surface area contributed by atoms with Crippen LogP contribution >= 0.6 is 0 Å². The summed E-state index contributed by atoms with van der Waals surface area (Å²) >= 11 is 0. The second-order valence-electron chi connectivity index (χ2n) is 3.93. The number of non-ortho nitro benzene ring substituents is 1. The van der Waals surface area contributed by atoms with Crippen LogP contribution in [-0.2, 0) is 0 Å². The van der Waals surface area contributed by atoms with E-state index in [9.17, 15) is 14.5 Å². The van der Waals surface area contributed by atoms with Crippen molar-refractivity contribution in [1.29, 1.82) is 0 Å². The van der Waals surface area contributed by atoms with Crippen molar-refractivity contribution in [2.45, 2.75) is 19.9 Å². The van der Waals surface area contributed by atoms with Crippen LogP contribution in [0.5, 0.6) is 0 Å². The molecule has 0 aliphatic heterocycles. The molecule has 0 amide bonds. The summed E-state index contributed by atoms with van der Waals surface area (Å²) in [4.78, 5) is 9.99. The van der Waals surface area contributed by atoms with Crippen molar-refractivity contribution in [3.05, 3.63) is 45.8 Å². The summed E-state index contributed by atoms with van der Waals surface area (Å²) in [5.74, 6) is -0.462. The lowest BCUT2D eigenvalue weighted by Crippen LogP contribution is -2.22. The van der Waals surface area contributed by atoms with Crippen molar-refractivity contribution < 1.29 is 9.31 Å². The van der Waals surface area contributed by atoms with E-state index in [1.54, 1.807) is 6.08 Å². The van der Waals surface area contributed by atoms with Crippen molar-refractivity contribution in [2.24, 2.45) is 0 Å². The van der Waals surface area contributed by atoms with E-state index in [0.29, 0.717) is 12.6 Å². The standard InChI is InChI=1S/C12H15FN2O2/c1-9(2)14-7-3-4-10-8-11(15(16)17)5-6-12(10)13/h3-6,8-9,14H,7H2,1-2H3/b4-3+. The second kappa shape index (κ2) is 6.10. The third-order valence-corrected chi connectivity index (χ3v) is 2.13. The average Bonchev–Trinajstić information content (AvgIpc) is 2.25. The minimum atomic E-state index is -0.539. The number of nitrogens with zero attached hydrogens (tertiary/aromatic N) is 1. The van der Waals surface area contributed by atoms with Crippen LogP contribution in [0.3, 0.4) is 0 Å². The van der Waals surface area contributed by atoms with E-state index < -0.39 is 10.7 Å². The van der Waals surface area contributed by atoms with Gasteiger partial charge in [-0.15, -0.1) is 0 Å². The minimum Gasteiger partial charge on any atom is -0.311 e. The number of benzene rings is 1. The highest BCUT2D eigenvalue weighted by molar-refractivity contribution is 5.54. The molecule has 0 saturated carbocycles. The van der Waals surface area contributed by atoms with E-state index >= 15 is 0 Å². The molecule has 1 aromatic rings.